The number of benzene rings is 2. The van der Waals surface area contributed by atoms with E-state index in [2.05, 4.69) is 24.3 Å². The van der Waals surface area contributed by atoms with E-state index in [0.717, 1.165) is 0 Å². The summed E-state index contributed by atoms with van der Waals surface area (Å²) >= 11 is 0. The smallest absolute Gasteiger partial charge is 0.0658 e. The Morgan fingerprint density at radius 1 is 0.882 bits per heavy atom. The van der Waals surface area contributed by atoms with Gasteiger partial charge in [0.15, 0.2) is 0 Å². The van der Waals surface area contributed by atoms with Crippen LogP contribution < -0.4 is 0 Å². The van der Waals surface area contributed by atoms with Gasteiger partial charge in [-0.05, 0) is 28.7 Å². The van der Waals surface area contributed by atoms with E-state index in [-0.39, 0.29) is 11.8 Å². The zero-order chi connectivity index (χ0) is 12.3. The summed E-state index contributed by atoms with van der Waals surface area (Å²) in [5, 5.41) is 10.4. The molecule has 1 heteroatoms. The topological polar surface area (TPSA) is 20.2 Å². The van der Waals surface area contributed by atoms with E-state index in [1.165, 1.54) is 22.3 Å². The average Bonchev–Trinajstić information content (AvgIpc) is 2.42. The van der Waals surface area contributed by atoms with E-state index < -0.39 is 12.5 Å². The molecule has 3 aliphatic rings. The van der Waals surface area contributed by atoms with Crippen molar-refractivity contribution in [2.75, 3.05) is 0 Å². The summed E-state index contributed by atoms with van der Waals surface area (Å²) in [6.45, 7) is 0. The molecule has 1 N–H and O–H groups in total. The van der Waals surface area contributed by atoms with Gasteiger partial charge in [-0.2, -0.15) is 0 Å². The third-order valence-corrected chi connectivity index (χ3v) is 4.06. The highest BCUT2D eigenvalue weighted by molar-refractivity contribution is 5.55. The summed E-state index contributed by atoms with van der Waals surface area (Å²) in [6.07, 6.45) is -1.03. The van der Waals surface area contributed by atoms with Crippen molar-refractivity contribution >= 4 is 0 Å². The fourth-order valence-electron chi connectivity index (χ4n) is 3.37. The maximum atomic E-state index is 10.4. The van der Waals surface area contributed by atoms with Crippen LogP contribution >= 0.6 is 0 Å². The lowest BCUT2D eigenvalue weighted by atomic mass is 9.62. The van der Waals surface area contributed by atoms with Crippen molar-refractivity contribution in [2.45, 2.75) is 24.3 Å². The molecule has 84 valence electrons. The lowest BCUT2D eigenvalue weighted by Crippen LogP contribution is -2.35. The van der Waals surface area contributed by atoms with Crippen LogP contribution in [0.1, 0.15) is 41.9 Å². The molecule has 0 saturated heterocycles. The highest BCUT2D eigenvalue weighted by Crippen LogP contribution is 2.52. The van der Waals surface area contributed by atoms with Crippen LogP contribution in [0.15, 0.2) is 48.5 Å². The number of fused-ring (bicyclic) bond motifs is 1. The largest absolute Gasteiger partial charge is 0.392 e. The Morgan fingerprint density at radius 2 is 1.35 bits per heavy atom. The second kappa shape index (κ2) is 3.21. The molecule has 2 aromatic carbocycles. The van der Waals surface area contributed by atoms with Gasteiger partial charge in [0.25, 0.3) is 0 Å². The second-order valence-electron chi connectivity index (χ2n) is 4.90. The summed E-state index contributed by atoms with van der Waals surface area (Å²) in [7, 11) is 0. The highest BCUT2D eigenvalue weighted by atomic mass is 16.3. The molecule has 3 aliphatic carbocycles. The molecule has 5 rings (SSSR count). The van der Waals surface area contributed by atoms with Gasteiger partial charge in [0.2, 0.25) is 0 Å². The lowest BCUT2D eigenvalue weighted by Gasteiger charge is -2.43. The monoisotopic (exact) mass is 223 g/mol. The van der Waals surface area contributed by atoms with Gasteiger partial charge < -0.3 is 5.11 Å². The summed E-state index contributed by atoms with van der Waals surface area (Å²) < 4.78 is 8.28. The van der Waals surface area contributed by atoms with E-state index >= 15 is 0 Å². The Hall–Kier alpha value is -1.60. The highest BCUT2D eigenvalue weighted by Gasteiger charge is 2.42. The first kappa shape index (κ1) is 8.48. The number of aliphatic hydroxyl groups is 1. The number of aliphatic hydroxyl groups excluding tert-OH is 1. The molecule has 0 fully saturated rings. The molecular formula is C16H14O. The molecule has 0 saturated carbocycles. The Balaban J connectivity index is 2.06. The molecule has 2 bridgehead atoms. The van der Waals surface area contributed by atoms with E-state index in [9.17, 15) is 5.11 Å². The van der Waals surface area contributed by atoms with Gasteiger partial charge in [0, 0.05) is 13.2 Å². The van der Waals surface area contributed by atoms with Gasteiger partial charge >= 0.3 is 0 Å². The van der Waals surface area contributed by atoms with Crippen LogP contribution in [0.3, 0.4) is 0 Å². The molecule has 1 nitrogen and oxygen atoms in total. The average molecular weight is 223 g/mol. The van der Waals surface area contributed by atoms with Gasteiger partial charge in [-0.15, -0.1) is 0 Å². The Kier molecular flexibility index (Phi) is 1.60. The second-order valence-corrected chi connectivity index (χ2v) is 4.90. The van der Waals surface area contributed by atoms with E-state index in [0.29, 0.717) is 0 Å². The first-order valence-corrected chi connectivity index (χ1v) is 6.07. The summed E-state index contributed by atoms with van der Waals surface area (Å²) in [5.41, 5.74) is 4.87. The molecular weight excluding hydrogens is 208 g/mol. The van der Waals surface area contributed by atoms with Crippen molar-refractivity contribution in [3.63, 3.8) is 0 Å². The van der Waals surface area contributed by atoms with Crippen molar-refractivity contribution in [2.24, 2.45) is 0 Å². The predicted octanol–water partition coefficient (Wildman–Crippen LogP) is 3.03. The third kappa shape index (κ3) is 1.12. The van der Waals surface area contributed by atoms with Crippen molar-refractivity contribution in [1.29, 1.82) is 0 Å². The zero-order valence-corrected chi connectivity index (χ0v) is 9.38. The standard InChI is InChI=1S/C16H14O/c17-15-9-14-10-5-1-3-7-12(10)16(15)13-8-4-2-6-11(13)14/h1-8,14-17H,9H2/t14?,15-,16?/m0/s1/i9D/t9-,14?,15-,16?. The van der Waals surface area contributed by atoms with Crippen LogP contribution in [0.5, 0.6) is 0 Å². The number of hydrogen-bond acceptors (Lipinski definition) is 1. The fourth-order valence-corrected chi connectivity index (χ4v) is 3.37. The minimum absolute atomic E-state index is 0.0232. The molecule has 2 aromatic rings. The number of rotatable bonds is 0. The summed E-state index contributed by atoms with van der Waals surface area (Å²) in [5.74, 6) is 0.00213. The minimum atomic E-state index is -0.584. The molecule has 0 aromatic heterocycles. The summed E-state index contributed by atoms with van der Waals surface area (Å²) in [4.78, 5) is 0. The van der Waals surface area contributed by atoms with Crippen LogP contribution in [0, 0.1) is 0 Å². The van der Waals surface area contributed by atoms with E-state index in [4.69, 9.17) is 1.37 Å². The van der Waals surface area contributed by atoms with Gasteiger partial charge in [-0.1, -0.05) is 48.5 Å². The maximum Gasteiger partial charge on any atom is 0.0658 e. The molecule has 0 spiro atoms. The van der Waals surface area contributed by atoms with Crippen molar-refractivity contribution in [3.05, 3.63) is 70.8 Å². The molecule has 0 unspecified atom stereocenters. The first-order valence-electron chi connectivity index (χ1n) is 6.64. The van der Waals surface area contributed by atoms with Crippen LogP contribution in [0.4, 0.5) is 0 Å². The SMILES string of the molecule is [2H][C@H]1C2c3ccccc3C(c3ccccc32)[C@H]1O. The van der Waals surface area contributed by atoms with Gasteiger partial charge in [-0.25, -0.2) is 0 Å². The molecule has 17 heavy (non-hydrogen) atoms. The fraction of sp³-hybridized carbons (Fsp3) is 0.250. The Morgan fingerprint density at radius 3 is 1.88 bits per heavy atom. The quantitative estimate of drug-likeness (QED) is 0.728. The maximum absolute atomic E-state index is 10.4. The van der Waals surface area contributed by atoms with Crippen LogP contribution in [0.25, 0.3) is 0 Å². The first-order chi connectivity index (χ1) is 8.79. The molecule has 0 amide bonds. The molecule has 0 heterocycles. The van der Waals surface area contributed by atoms with Crippen molar-refractivity contribution in [1.82, 2.24) is 0 Å². The normalized spacial score (nSPS) is 33.8. The van der Waals surface area contributed by atoms with E-state index in [1.807, 2.05) is 24.3 Å². The van der Waals surface area contributed by atoms with Crippen LogP contribution in [0.2, 0.25) is 0 Å². The number of hydrogen-bond donors (Lipinski definition) is 1. The zero-order valence-electron chi connectivity index (χ0n) is 10.4. The molecule has 0 aliphatic heterocycles. The Labute approximate surface area is 102 Å². The summed E-state index contributed by atoms with van der Waals surface area (Å²) in [6, 6.07) is 16.5. The Bertz CT molecular complexity index is 520. The molecule has 2 atom stereocenters. The lowest BCUT2D eigenvalue weighted by molar-refractivity contribution is 0.124. The molecule has 0 radical (unpaired) electrons. The predicted molar refractivity (Wildman–Crippen MR) is 67.2 cm³/mol. The minimum Gasteiger partial charge on any atom is -0.392 e. The van der Waals surface area contributed by atoms with Crippen molar-refractivity contribution < 1.29 is 6.48 Å². The van der Waals surface area contributed by atoms with Crippen LogP contribution in [-0.2, 0) is 0 Å². The van der Waals surface area contributed by atoms with Crippen LogP contribution in [-0.4, -0.2) is 11.2 Å². The third-order valence-electron chi connectivity index (χ3n) is 4.06. The van der Waals surface area contributed by atoms with Gasteiger partial charge in [0.05, 0.1) is 6.10 Å². The van der Waals surface area contributed by atoms with E-state index in [1.54, 1.807) is 0 Å². The van der Waals surface area contributed by atoms with Gasteiger partial charge in [-0.3, -0.25) is 0 Å². The van der Waals surface area contributed by atoms with Gasteiger partial charge in [0.1, 0.15) is 0 Å². The van der Waals surface area contributed by atoms with Crippen molar-refractivity contribution in [3.8, 4) is 0 Å².